The first-order valence-electron chi connectivity index (χ1n) is 4.84. The first-order valence-corrected chi connectivity index (χ1v) is 6.52. The quantitative estimate of drug-likeness (QED) is 0.891. The summed E-state index contributed by atoms with van der Waals surface area (Å²) in [5.74, 6) is -0.277. The number of halogens is 2. The average molecular weight is 300 g/mol. The predicted molar refractivity (Wildman–Crippen MR) is 69.2 cm³/mol. The molecule has 0 fully saturated rings. The molecule has 1 atom stereocenters. The lowest BCUT2D eigenvalue weighted by molar-refractivity contribution is 0.616. The van der Waals surface area contributed by atoms with Crippen LogP contribution >= 0.6 is 27.3 Å². The third-order valence-corrected chi connectivity index (χ3v) is 4.25. The highest BCUT2D eigenvalue weighted by Crippen LogP contribution is 2.31. The van der Waals surface area contributed by atoms with Gasteiger partial charge < -0.3 is 5.73 Å². The number of rotatable bonds is 2. The molecule has 0 bridgehead atoms. The van der Waals surface area contributed by atoms with E-state index in [1.165, 1.54) is 10.9 Å². The van der Waals surface area contributed by atoms with Crippen LogP contribution in [0.5, 0.6) is 0 Å². The van der Waals surface area contributed by atoms with Crippen LogP contribution in [-0.4, -0.2) is 0 Å². The fourth-order valence-electron chi connectivity index (χ4n) is 1.65. The Morgan fingerprint density at radius 1 is 1.31 bits per heavy atom. The van der Waals surface area contributed by atoms with Gasteiger partial charge in [-0.1, -0.05) is 12.1 Å². The third-order valence-electron chi connectivity index (χ3n) is 2.55. The van der Waals surface area contributed by atoms with Crippen LogP contribution in [0.15, 0.2) is 34.1 Å². The standard InChI is InChI=1S/C12H11BrFNS/c1-7-8(5-6-16-7)12(15)9-3-2-4-10(14)11(9)13/h2-6,12H,15H2,1H3. The van der Waals surface area contributed by atoms with E-state index in [9.17, 15) is 4.39 Å². The van der Waals surface area contributed by atoms with Gasteiger partial charge in [0.25, 0.3) is 0 Å². The minimum atomic E-state index is -0.281. The highest BCUT2D eigenvalue weighted by Gasteiger charge is 2.16. The molecule has 0 amide bonds. The summed E-state index contributed by atoms with van der Waals surface area (Å²) in [4.78, 5) is 1.17. The molecule has 0 radical (unpaired) electrons. The van der Waals surface area contributed by atoms with Crippen LogP contribution in [-0.2, 0) is 0 Å². The zero-order valence-corrected chi connectivity index (χ0v) is 11.1. The normalized spacial score (nSPS) is 12.8. The molecule has 0 saturated carbocycles. The summed E-state index contributed by atoms with van der Waals surface area (Å²) >= 11 is 4.89. The van der Waals surface area contributed by atoms with Gasteiger partial charge in [-0.2, -0.15) is 0 Å². The van der Waals surface area contributed by atoms with Gasteiger partial charge in [-0.3, -0.25) is 0 Å². The summed E-state index contributed by atoms with van der Waals surface area (Å²) < 4.78 is 13.8. The zero-order valence-electron chi connectivity index (χ0n) is 8.71. The molecule has 84 valence electrons. The maximum Gasteiger partial charge on any atom is 0.137 e. The van der Waals surface area contributed by atoms with Crippen molar-refractivity contribution < 1.29 is 4.39 Å². The number of benzene rings is 1. The molecule has 1 nitrogen and oxygen atoms in total. The molecular weight excluding hydrogens is 289 g/mol. The van der Waals surface area contributed by atoms with Crippen molar-refractivity contribution in [3.63, 3.8) is 0 Å². The molecule has 2 rings (SSSR count). The molecule has 2 aromatic rings. The van der Waals surface area contributed by atoms with E-state index in [-0.39, 0.29) is 11.9 Å². The topological polar surface area (TPSA) is 26.0 Å². The van der Waals surface area contributed by atoms with Gasteiger partial charge in [0, 0.05) is 4.88 Å². The summed E-state index contributed by atoms with van der Waals surface area (Å²) in [6, 6.07) is 6.64. The van der Waals surface area contributed by atoms with Gasteiger partial charge in [-0.25, -0.2) is 4.39 Å². The van der Waals surface area contributed by atoms with Gasteiger partial charge in [0.05, 0.1) is 10.5 Å². The summed E-state index contributed by atoms with van der Waals surface area (Å²) in [6.07, 6.45) is 0. The number of nitrogens with two attached hydrogens (primary N) is 1. The Kier molecular flexibility index (Phi) is 3.42. The van der Waals surface area contributed by atoms with Crippen LogP contribution in [0.2, 0.25) is 0 Å². The minimum absolute atomic E-state index is 0.277. The van der Waals surface area contributed by atoms with Crippen molar-refractivity contribution in [1.29, 1.82) is 0 Å². The van der Waals surface area contributed by atoms with E-state index in [2.05, 4.69) is 15.9 Å². The molecule has 1 aromatic carbocycles. The van der Waals surface area contributed by atoms with Crippen molar-refractivity contribution in [2.45, 2.75) is 13.0 Å². The van der Waals surface area contributed by atoms with Crippen molar-refractivity contribution in [1.82, 2.24) is 0 Å². The molecule has 0 aliphatic carbocycles. The second-order valence-corrected chi connectivity index (χ2v) is 5.47. The van der Waals surface area contributed by atoms with Crippen molar-refractivity contribution in [3.8, 4) is 0 Å². The lowest BCUT2D eigenvalue weighted by Crippen LogP contribution is -2.13. The summed E-state index contributed by atoms with van der Waals surface area (Å²) in [5.41, 5.74) is 7.97. The monoisotopic (exact) mass is 299 g/mol. The molecule has 0 spiro atoms. The Morgan fingerprint density at radius 2 is 2.06 bits per heavy atom. The maximum absolute atomic E-state index is 13.4. The van der Waals surface area contributed by atoms with E-state index in [1.807, 2.05) is 24.4 Å². The van der Waals surface area contributed by atoms with E-state index in [0.29, 0.717) is 4.47 Å². The molecular formula is C12H11BrFNS. The van der Waals surface area contributed by atoms with Crippen molar-refractivity contribution in [3.05, 3.63) is 55.9 Å². The fraction of sp³-hybridized carbons (Fsp3) is 0.167. The van der Waals surface area contributed by atoms with Crippen LogP contribution in [0, 0.1) is 12.7 Å². The van der Waals surface area contributed by atoms with Gasteiger partial charge in [-0.05, 0) is 51.5 Å². The van der Waals surface area contributed by atoms with Crippen LogP contribution in [0.3, 0.4) is 0 Å². The molecule has 0 saturated heterocycles. The molecule has 16 heavy (non-hydrogen) atoms. The lowest BCUT2D eigenvalue weighted by Gasteiger charge is -2.14. The Hall–Kier alpha value is -0.710. The molecule has 1 aromatic heterocycles. The van der Waals surface area contributed by atoms with Gasteiger partial charge >= 0.3 is 0 Å². The van der Waals surface area contributed by atoms with Crippen LogP contribution < -0.4 is 5.73 Å². The van der Waals surface area contributed by atoms with Crippen LogP contribution in [0.25, 0.3) is 0 Å². The highest BCUT2D eigenvalue weighted by molar-refractivity contribution is 9.10. The smallest absolute Gasteiger partial charge is 0.137 e. The molecule has 1 unspecified atom stereocenters. The summed E-state index contributed by atoms with van der Waals surface area (Å²) in [5, 5.41) is 2.00. The second-order valence-electron chi connectivity index (χ2n) is 3.55. The molecule has 1 heterocycles. The molecule has 2 N–H and O–H groups in total. The number of hydrogen-bond acceptors (Lipinski definition) is 2. The summed E-state index contributed by atoms with van der Waals surface area (Å²) in [6.45, 7) is 2.02. The Balaban J connectivity index is 2.46. The Bertz CT molecular complexity index is 509. The van der Waals surface area contributed by atoms with Crippen LogP contribution in [0.1, 0.15) is 22.0 Å². The third kappa shape index (κ3) is 2.05. The van der Waals surface area contributed by atoms with Gasteiger partial charge in [0.15, 0.2) is 0 Å². The first-order chi connectivity index (χ1) is 7.61. The van der Waals surface area contributed by atoms with E-state index in [0.717, 1.165) is 11.1 Å². The molecule has 4 heteroatoms. The highest BCUT2D eigenvalue weighted by atomic mass is 79.9. The summed E-state index contributed by atoms with van der Waals surface area (Å²) in [7, 11) is 0. The minimum Gasteiger partial charge on any atom is -0.320 e. The Labute approximate surface area is 106 Å². The SMILES string of the molecule is Cc1sccc1C(N)c1cccc(F)c1Br. The van der Waals surface area contributed by atoms with Crippen molar-refractivity contribution in [2.24, 2.45) is 5.73 Å². The van der Waals surface area contributed by atoms with Gasteiger partial charge in [0.2, 0.25) is 0 Å². The lowest BCUT2D eigenvalue weighted by atomic mass is 10.0. The number of hydrogen-bond donors (Lipinski definition) is 1. The fourth-order valence-corrected chi connectivity index (χ4v) is 2.91. The van der Waals surface area contributed by atoms with E-state index in [1.54, 1.807) is 17.4 Å². The predicted octanol–water partition coefficient (Wildman–Crippen LogP) is 4.01. The maximum atomic E-state index is 13.4. The molecule has 0 aliphatic rings. The van der Waals surface area contributed by atoms with Crippen molar-refractivity contribution >= 4 is 27.3 Å². The largest absolute Gasteiger partial charge is 0.320 e. The van der Waals surface area contributed by atoms with Crippen molar-refractivity contribution in [2.75, 3.05) is 0 Å². The second kappa shape index (κ2) is 4.65. The zero-order chi connectivity index (χ0) is 11.7. The van der Waals surface area contributed by atoms with E-state index >= 15 is 0 Å². The van der Waals surface area contributed by atoms with Gasteiger partial charge in [0.1, 0.15) is 5.82 Å². The number of thiophene rings is 1. The van der Waals surface area contributed by atoms with E-state index in [4.69, 9.17) is 5.73 Å². The van der Waals surface area contributed by atoms with E-state index < -0.39 is 0 Å². The van der Waals surface area contributed by atoms with Crippen LogP contribution in [0.4, 0.5) is 4.39 Å². The number of aryl methyl sites for hydroxylation is 1. The average Bonchev–Trinajstić information content (AvgIpc) is 2.68. The molecule has 0 aliphatic heterocycles. The van der Waals surface area contributed by atoms with Gasteiger partial charge in [-0.15, -0.1) is 11.3 Å². The Morgan fingerprint density at radius 3 is 2.69 bits per heavy atom. The first kappa shape index (κ1) is 11.8.